The first kappa shape index (κ1) is 35.9. The third-order valence-electron chi connectivity index (χ3n) is 6.78. The molecule has 2 N–H and O–H groups in total. The van der Waals surface area contributed by atoms with Crippen LogP contribution in [0.4, 0.5) is 13.2 Å². The van der Waals surface area contributed by atoms with E-state index in [9.17, 15) is 41.9 Å². The summed E-state index contributed by atoms with van der Waals surface area (Å²) in [5.74, 6) is -5.55. The van der Waals surface area contributed by atoms with Crippen LogP contribution in [0.25, 0.3) is 11.0 Å². The van der Waals surface area contributed by atoms with Gasteiger partial charge in [-0.1, -0.05) is 39.0 Å². The second kappa shape index (κ2) is 14.9. The Labute approximate surface area is 251 Å². The third-order valence-corrected chi connectivity index (χ3v) is 6.78. The molecule has 1 aromatic heterocycles. The Morgan fingerprint density at radius 2 is 1.66 bits per heavy atom. The van der Waals surface area contributed by atoms with Gasteiger partial charge in [-0.15, -0.1) is 0 Å². The van der Waals surface area contributed by atoms with Crippen molar-refractivity contribution in [3.63, 3.8) is 0 Å². The largest absolute Gasteiger partial charge is 0.481 e. The number of hydroxylamine groups is 2. The SMILES string of the molecule is CCCN(C(=O)[C@H](C)NC(=O)[C@H](C)N(OC)C(=O)CCC(=O)O)[C@H](C(=O)c1c(C(F)(F)F)c(=O)oc2ccccc12)C(C)C. The minimum absolute atomic E-state index is 0.0816. The monoisotopic (exact) mass is 627 g/mol. The third kappa shape index (κ3) is 8.21. The minimum Gasteiger partial charge on any atom is -0.481 e. The normalized spacial score (nSPS) is 13.7. The number of carbonyl (C=O) groups excluding carboxylic acids is 4. The molecule has 0 bridgehead atoms. The van der Waals surface area contributed by atoms with Gasteiger partial charge in [0.1, 0.15) is 17.7 Å². The Morgan fingerprint density at radius 3 is 2.18 bits per heavy atom. The van der Waals surface area contributed by atoms with E-state index in [4.69, 9.17) is 14.4 Å². The number of amides is 3. The molecule has 12 nitrogen and oxygen atoms in total. The molecular weight excluding hydrogens is 591 g/mol. The first-order valence-electron chi connectivity index (χ1n) is 13.8. The number of rotatable bonds is 14. The van der Waals surface area contributed by atoms with Crippen LogP contribution >= 0.6 is 0 Å². The maximum atomic E-state index is 14.1. The molecule has 242 valence electrons. The molecule has 0 aliphatic carbocycles. The van der Waals surface area contributed by atoms with Crippen LogP contribution < -0.4 is 10.9 Å². The van der Waals surface area contributed by atoms with Gasteiger partial charge in [-0.25, -0.2) is 9.86 Å². The van der Waals surface area contributed by atoms with Crippen molar-refractivity contribution in [1.82, 2.24) is 15.3 Å². The summed E-state index contributed by atoms with van der Waals surface area (Å²) in [6.07, 6.45) is -5.92. The molecule has 44 heavy (non-hydrogen) atoms. The number of hydrogen-bond donors (Lipinski definition) is 2. The van der Waals surface area contributed by atoms with Gasteiger partial charge in [-0.3, -0.25) is 28.8 Å². The summed E-state index contributed by atoms with van der Waals surface area (Å²) >= 11 is 0. The highest BCUT2D eigenvalue weighted by atomic mass is 19.4. The number of para-hydroxylation sites is 1. The zero-order valence-electron chi connectivity index (χ0n) is 25.2. The summed E-state index contributed by atoms with van der Waals surface area (Å²) < 4.78 is 47.3. The lowest BCUT2D eigenvalue weighted by Crippen LogP contribution is -2.57. The van der Waals surface area contributed by atoms with Crippen molar-refractivity contribution in [1.29, 1.82) is 0 Å². The molecule has 0 fully saturated rings. The number of Topliss-reactive ketones (excluding diaryl/α,β-unsaturated/α-hetero) is 1. The number of nitrogens with zero attached hydrogens (tertiary/aromatic N) is 2. The molecule has 0 aliphatic rings. The van der Waals surface area contributed by atoms with Gasteiger partial charge in [0, 0.05) is 18.4 Å². The summed E-state index contributed by atoms with van der Waals surface area (Å²) in [7, 11) is 1.10. The summed E-state index contributed by atoms with van der Waals surface area (Å²) in [6.45, 7) is 7.24. The summed E-state index contributed by atoms with van der Waals surface area (Å²) in [5, 5.41) is 11.7. The Balaban J connectivity index is 2.49. The molecule has 3 amide bonds. The predicted octanol–water partition coefficient (Wildman–Crippen LogP) is 3.41. The fraction of sp³-hybridized carbons (Fsp3) is 0.517. The number of carbonyl (C=O) groups is 5. The van der Waals surface area contributed by atoms with E-state index >= 15 is 0 Å². The fourth-order valence-corrected chi connectivity index (χ4v) is 4.79. The lowest BCUT2D eigenvalue weighted by molar-refractivity contribution is -0.190. The van der Waals surface area contributed by atoms with Crippen molar-refractivity contribution in [2.45, 2.75) is 78.2 Å². The highest BCUT2D eigenvalue weighted by Gasteiger charge is 2.44. The maximum Gasteiger partial charge on any atom is 0.424 e. The van der Waals surface area contributed by atoms with Crippen molar-refractivity contribution in [2.24, 2.45) is 5.92 Å². The fourth-order valence-electron chi connectivity index (χ4n) is 4.79. The van der Waals surface area contributed by atoms with Gasteiger partial charge < -0.3 is 19.7 Å². The lowest BCUT2D eigenvalue weighted by atomic mass is 9.89. The smallest absolute Gasteiger partial charge is 0.424 e. The Morgan fingerprint density at radius 1 is 1.05 bits per heavy atom. The number of ketones is 1. The Kier molecular flexibility index (Phi) is 12.2. The van der Waals surface area contributed by atoms with Crippen LogP contribution in [0.5, 0.6) is 0 Å². The maximum absolute atomic E-state index is 14.1. The van der Waals surface area contributed by atoms with Crippen LogP contribution in [-0.2, 0) is 30.2 Å². The number of nitrogens with one attached hydrogen (secondary N) is 1. The van der Waals surface area contributed by atoms with Crippen molar-refractivity contribution < 1.29 is 51.5 Å². The number of aliphatic carboxylic acids is 1. The molecule has 1 heterocycles. The summed E-state index contributed by atoms with van der Waals surface area (Å²) in [6, 6.07) is 1.18. The standard InChI is InChI=1S/C29H36F3N3O9/c1-7-14-34(27(41)16(4)33-26(40)17(5)35(43-6)20(36)12-13-21(37)38)24(15(2)3)25(39)22-18-10-8-9-11-19(18)44-28(42)23(22)29(30,31)32/h8-11,15-17,24H,7,12-14H2,1-6H3,(H,33,40)(H,37,38)/t16-,17-,24-/m0/s1. The summed E-state index contributed by atoms with van der Waals surface area (Å²) in [5.41, 5.74) is -4.68. The highest BCUT2D eigenvalue weighted by Crippen LogP contribution is 2.35. The van der Waals surface area contributed by atoms with Crippen LogP contribution in [0.1, 0.15) is 69.8 Å². The van der Waals surface area contributed by atoms with Gasteiger partial charge in [0.15, 0.2) is 11.3 Å². The van der Waals surface area contributed by atoms with Gasteiger partial charge in [-0.2, -0.15) is 13.2 Å². The van der Waals surface area contributed by atoms with E-state index in [0.717, 1.165) is 12.0 Å². The Hall–Kier alpha value is -4.27. The number of alkyl halides is 3. The van der Waals surface area contributed by atoms with Gasteiger partial charge in [0.25, 0.3) is 0 Å². The number of benzene rings is 1. The zero-order valence-corrected chi connectivity index (χ0v) is 25.2. The van der Waals surface area contributed by atoms with E-state index in [2.05, 4.69) is 5.32 Å². The van der Waals surface area contributed by atoms with Gasteiger partial charge in [-0.05, 0) is 32.3 Å². The average molecular weight is 628 g/mol. The molecule has 0 saturated carbocycles. The van der Waals surface area contributed by atoms with Crippen molar-refractivity contribution in [2.75, 3.05) is 13.7 Å². The molecule has 3 atom stereocenters. The van der Waals surface area contributed by atoms with Crippen LogP contribution in [-0.4, -0.2) is 76.3 Å². The topological polar surface area (TPSA) is 164 Å². The molecule has 2 rings (SSSR count). The van der Waals surface area contributed by atoms with Crippen LogP contribution in [0.3, 0.4) is 0 Å². The van der Waals surface area contributed by atoms with Crippen LogP contribution in [0.2, 0.25) is 0 Å². The van der Waals surface area contributed by atoms with E-state index < -0.39 is 89.3 Å². The first-order chi connectivity index (χ1) is 20.5. The van der Waals surface area contributed by atoms with E-state index in [1.807, 2.05) is 0 Å². The van der Waals surface area contributed by atoms with Gasteiger partial charge in [0.05, 0.1) is 25.1 Å². The van der Waals surface area contributed by atoms with Crippen molar-refractivity contribution >= 4 is 40.4 Å². The minimum atomic E-state index is -5.25. The molecule has 0 saturated heterocycles. The highest BCUT2D eigenvalue weighted by molar-refractivity contribution is 6.12. The van der Waals surface area contributed by atoms with Crippen LogP contribution in [0, 0.1) is 5.92 Å². The molecular formula is C29H36F3N3O9. The second-order valence-electron chi connectivity index (χ2n) is 10.4. The van der Waals surface area contributed by atoms with E-state index in [1.54, 1.807) is 6.92 Å². The van der Waals surface area contributed by atoms with Gasteiger partial charge in [0.2, 0.25) is 17.7 Å². The van der Waals surface area contributed by atoms with E-state index in [0.29, 0.717) is 11.5 Å². The molecule has 0 unspecified atom stereocenters. The van der Waals surface area contributed by atoms with Gasteiger partial charge >= 0.3 is 17.8 Å². The quantitative estimate of drug-likeness (QED) is 0.182. The second-order valence-corrected chi connectivity index (χ2v) is 10.4. The van der Waals surface area contributed by atoms with E-state index in [-0.39, 0.29) is 17.5 Å². The Bertz CT molecular complexity index is 1460. The number of hydrogen-bond acceptors (Lipinski definition) is 8. The number of carboxylic acid groups (broad SMARTS) is 1. The summed E-state index contributed by atoms with van der Waals surface area (Å²) in [4.78, 5) is 82.4. The molecule has 0 spiro atoms. The number of halogens is 3. The van der Waals surface area contributed by atoms with Crippen molar-refractivity contribution in [3.8, 4) is 0 Å². The molecule has 1 aromatic carbocycles. The predicted molar refractivity (Wildman–Crippen MR) is 150 cm³/mol. The number of fused-ring (bicyclic) bond motifs is 1. The molecule has 0 radical (unpaired) electrons. The molecule has 15 heteroatoms. The lowest BCUT2D eigenvalue weighted by Gasteiger charge is -2.36. The first-order valence-corrected chi connectivity index (χ1v) is 13.8. The van der Waals surface area contributed by atoms with Crippen molar-refractivity contribution in [3.05, 3.63) is 45.8 Å². The number of carboxylic acids is 1. The molecule has 0 aliphatic heterocycles. The van der Waals surface area contributed by atoms with E-state index in [1.165, 1.54) is 52.0 Å². The average Bonchev–Trinajstić information content (AvgIpc) is 2.93. The zero-order chi connectivity index (χ0) is 33.5. The molecule has 2 aromatic rings. The van der Waals surface area contributed by atoms with Crippen LogP contribution in [0.15, 0.2) is 33.5 Å².